The fraction of sp³-hybridized carbons (Fsp3) is 0.400. The molecule has 0 unspecified atom stereocenters. The van der Waals surface area contributed by atoms with Crippen molar-refractivity contribution in [1.29, 1.82) is 0 Å². The highest BCUT2D eigenvalue weighted by Crippen LogP contribution is 2.31. The lowest BCUT2D eigenvalue weighted by molar-refractivity contribution is 0.639. The Labute approximate surface area is 101 Å². The van der Waals surface area contributed by atoms with Gasteiger partial charge in [-0.3, -0.25) is 4.79 Å². The summed E-state index contributed by atoms with van der Waals surface area (Å²) >= 11 is 0. The minimum absolute atomic E-state index is 0.204. The van der Waals surface area contributed by atoms with Crippen LogP contribution in [0.3, 0.4) is 0 Å². The molecule has 0 amide bonds. The second kappa shape index (κ2) is 4.02. The fourth-order valence-electron chi connectivity index (χ4n) is 2.39. The molecular formula is C15H17NO. The molecule has 0 N–H and O–H groups in total. The Morgan fingerprint density at radius 2 is 2.06 bits per heavy atom. The first-order chi connectivity index (χ1) is 8.29. The number of hydrogen-bond acceptors (Lipinski definition) is 1. The number of para-hydroxylation sites is 1. The highest BCUT2D eigenvalue weighted by atomic mass is 16.1. The van der Waals surface area contributed by atoms with E-state index < -0.39 is 0 Å². The molecule has 88 valence electrons. The summed E-state index contributed by atoms with van der Waals surface area (Å²) in [6.45, 7) is 3.11. The third-order valence-corrected chi connectivity index (χ3v) is 3.59. The van der Waals surface area contributed by atoms with E-state index in [-0.39, 0.29) is 5.43 Å². The van der Waals surface area contributed by atoms with E-state index in [1.165, 1.54) is 12.8 Å². The van der Waals surface area contributed by atoms with Gasteiger partial charge in [-0.05, 0) is 37.3 Å². The van der Waals surface area contributed by atoms with Gasteiger partial charge < -0.3 is 4.57 Å². The van der Waals surface area contributed by atoms with Crippen molar-refractivity contribution in [3.63, 3.8) is 0 Å². The lowest BCUT2D eigenvalue weighted by atomic mass is 10.1. The van der Waals surface area contributed by atoms with Crippen LogP contribution in [0.4, 0.5) is 0 Å². The van der Waals surface area contributed by atoms with Crippen LogP contribution < -0.4 is 5.43 Å². The number of fused-ring (bicyclic) bond motifs is 1. The molecule has 1 aliphatic rings. The zero-order chi connectivity index (χ0) is 11.8. The first kappa shape index (κ1) is 10.6. The third kappa shape index (κ3) is 1.88. The quantitative estimate of drug-likeness (QED) is 0.790. The van der Waals surface area contributed by atoms with Crippen LogP contribution in [0.1, 0.15) is 25.3 Å². The van der Waals surface area contributed by atoms with Crippen LogP contribution >= 0.6 is 0 Å². The smallest absolute Gasteiger partial charge is 0.192 e. The molecule has 2 heteroatoms. The maximum Gasteiger partial charge on any atom is 0.192 e. The zero-order valence-corrected chi connectivity index (χ0v) is 10.1. The largest absolute Gasteiger partial charge is 0.347 e. The van der Waals surface area contributed by atoms with Crippen molar-refractivity contribution in [3.05, 3.63) is 46.2 Å². The maximum absolute atomic E-state index is 12.2. The van der Waals surface area contributed by atoms with Crippen LogP contribution in [0.15, 0.2) is 35.3 Å². The van der Waals surface area contributed by atoms with Crippen LogP contribution in [0.25, 0.3) is 10.9 Å². The number of aryl methyl sites for hydroxylation is 1. The summed E-state index contributed by atoms with van der Waals surface area (Å²) in [5.74, 6) is 0.825. The summed E-state index contributed by atoms with van der Waals surface area (Å²) in [4.78, 5) is 12.2. The number of rotatable bonds is 3. The minimum Gasteiger partial charge on any atom is -0.347 e. The van der Waals surface area contributed by atoms with Gasteiger partial charge in [-0.25, -0.2) is 0 Å². The molecule has 0 saturated heterocycles. The predicted molar refractivity (Wildman–Crippen MR) is 70.3 cm³/mol. The average Bonchev–Trinajstić information content (AvgIpc) is 3.17. The molecule has 2 nitrogen and oxygen atoms in total. The maximum atomic E-state index is 12.2. The van der Waals surface area contributed by atoms with Gasteiger partial charge in [0.05, 0.1) is 5.52 Å². The van der Waals surface area contributed by atoms with E-state index in [1.807, 2.05) is 25.1 Å². The van der Waals surface area contributed by atoms with Crippen molar-refractivity contribution in [3.8, 4) is 0 Å². The monoisotopic (exact) mass is 227 g/mol. The molecule has 0 radical (unpaired) electrons. The Hall–Kier alpha value is -1.57. The van der Waals surface area contributed by atoms with Crippen LogP contribution in [0.5, 0.6) is 0 Å². The number of benzene rings is 1. The molecule has 1 heterocycles. The van der Waals surface area contributed by atoms with Gasteiger partial charge in [0.2, 0.25) is 0 Å². The Morgan fingerprint density at radius 1 is 1.29 bits per heavy atom. The van der Waals surface area contributed by atoms with Crippen molar-refractivity contribution >= 4 is 10.9 Å². The summed E-state index contributed by atoms with van der Waals surface area (Å²) in [5.41, 5.74) is 2.22. The second-order valence-electron chi connectivity index (χ2n) is 4.95. The molecule has 2 aromatic rings. The molecule has 0 aliphatic heterocycles. The van der Waals surface area contributed by atoms with E-state index in [0.717, 1.165) is 35.3 Å². The zero-order valence-electron chi connectivity index (χ0n) is 10.1. The normalized spacial score (nSPS) is 15.4. The summed E-state index contributed by atoms with van der Waals surface area (Å²) in [5, 5.41) is 0.868. The predicted octanol–water partition coefficient (Wildman–Crippen LogP) is 2.97. The molecule has 0 bridgehead atoms. The molecule has 3 rings (SSSR count). The van der Waals surface area contributed by atoms with Gasteiger partial charge in [0, 0.05) is 23.7 Å². The molecule has 0 spiro atoms. The topological polar surface area (TPSA) is 22.0 Å². The molecule has 17 heavy (non-hydrogen) atoms. The number of pyridine rings is 1. The average molecular weight is 227 g/mol. The molecule has 1 aromatic carbocycles. The van der Waals surface area contributed by atoms with E-state index in [0.29, 0.717) is 0 Å². The third-order valence-electron chi connectivity index (χ3n) is 3.59. The Balaban J connectivity index is 2.24. The highest BCUT2D eigenvalue weighted by molar-refractivity contribution is 5.79. The summed E-state index contributed by atoms with van der Waals surface area (Å²) in [6, 6.07) is 7.96. The SMILES string of the molecule is CCc1cn(CC2CC2)c2ccccc2c1=O. The number of hydrogen-bond donors (Lipinski definition) is 0. The first-order valence-corrected chi connectivity index (χ1v) is 6.40. The summed E-state index contributed by atoms with van der Waals surface area (Å²) in [6.07, 6.45) is 5.54. The van der Waals surface area contributed by atoms with Crippen molar-refractivity contribution in [1.82, 2.24) is 4.57 Å². The Bertz CT molecular complexity index is 608. The van der Waals surface area contributed by atoms with Gasteiger partial charge in [-0.2, -0.15) is 0 Å². The van der Waals surface area contributed by atoms with Gasteiger partial charge in [0.25, 0.3) is 0 Å². The Morgan fingerprint density at radius 3 is 2.76 bits per heavy atom. The molecule has 1 fully saturated rings. The van der Waals surface area contributed by atoms with Crippen molar-refractivity contribution in [2.45, 2.75) is 32.7 Å². The molecule has 1 aliphatic carbocycles. The number of nitrogens with zero attached hydrogens (tertiary/aromatic N) is 1. The van der Waals surface area contributed by atoms with Crippen LogP contribution in [-0.4, -0.2) is 4.57 Å². The van der Waals surface area contributed by atoms with Gasteiger partial charge in [-0.15, -0.1) is 0 Å². The molecular weight excluding hydrogens is 210 g/mol. The van der Waals surface area contributed by atoms with E-state index in [4.69, 9.17) is 0 Å². The lowest BCUT2D eigenvalue weighted by Gasteiger charge is -2.12. The van der Waals surface area contributed by atoms with E-state index >= 15 is 0 Å². The minimum atomic E-state index is 0.204. The van der Waals surface area contributed by atoms with Gasteiger partial charge in [-0.1, -0.05) is 19.1 Å². The van der Waals surface area contributed by atoms with Crippen molar-refractivity contribution in [2.24, 2.45) is 5.92 Å². The van der Waals surface area contributed by atoms with Crippen LogP contribution in [0.2, 0.25) is 0 Å². The van der Waals surface area contributed by atoms with Crippen molar-refractivity contribution in [2.75, 3.05) is 0 Å². The lowest BCUT2D eigenvalue weighted by Crippen LogP contribution is -2.14. The van der Waals surface area contributed by atoms with E-state index in [1.54, 1.807) is 0 Å². The van der Waals surface area contributed by atoms with Gasteiger partial charge >= 0.3 is 0 Å². The van der Waals surface area contributed by atoms with Gasteiger partial charge in [0.1, 0.15) is 0 Å². The molecule has 0 atom stereocenters. The first-order valence-electron chi connectivity index (χ1n) is 6.40. The van der Waals surface area contributed by atoms with Crippen LogP contribution in [-0.2, 0) is 13.0 Å². The number of aromatic nitrogens is 1. The van der Waals surface area contributed by atoms with E-state index in [2.05, 4.69) is 16.8 Å². The standard InChI is InChI=1S/C15H17NO/c1-2-12-10-16(9-11-7-8-11)14-6-4-3-5-13(14)15(12)17/h3-6,10-11H,2,7-9H2,1H3. The van der Waals surface area contributed by atoms with Crippen LogP contribution in [0, 0.1) is 5.92 Å². The van der Waals surface area contributed by atoms with Gasteiger partial charge in [0.15, 0.2) is 5.43 Å². The highest BCUT2D eigenvalue weighted by Gasteiger charge is 2.22. The molecule has 1 aromatic heterocycles. The molecule has 1 saturated carbocycles. The fourth-order valence-corrected chi connectivity index (χ4v) is 2.39. The second-order valence-corrected chi connectivity index (χ2v) is 4.95. The Kier molecular flexibility index (Phi) is 2.50. The summed E-state index contributed by atoms with van der Waals surface area (Å²) in [7, 11) is 0. The van der Waals surface area contributed by atoms with E-state index in [9.17, 15) is 4.79 Å². The summed E-state index contributed by atoms with van der Waals surface area (Å²) < 4.78 is 2.27. The van der Waals surface area contributed by atoms with Crippen molar-refractivity contribution < 1.29 is 0 Å².